The molecule has 0 fully saturated rings. The third kappa shape index (κ3) is 8.58. The molecule has 0 N–H and O–H groups in total. The summed E-state index contributed by atoms with van der Waals surface area (Å²) in [4.78, 5) is 0. The molecular formula is C11H23ClO. The maximum atomic E-state index is 5.80. The minimum absolute atomic E-state index is 0.222. The van der Waals surface area contributed by atoms with Gasteiger partial charge < -0.3 is 4.74 Å². The van der Waals surface area contributed by atoms with Crippen LogP contribution in [0.3, 0.4) is 0 Å². The smallest absolute Gasteiger partial charge is 0.0471 e. The van der Waals surface area contributed by atoms with Crippen molar-refractivity contribution in [1.82, 2.24) is 0 Å². The first-order chi connectivity index (χ1) is 5.98. The second kappa shape index (κ2) is 6.67. The quantitative estimate of drug-likeness (QED) is 0.456. The van der Waals surface area contributed by atoms with Crippen molar-refractivity contribution in [1.29, 1.82) is 0 Å². The monoisotopic (exact) mass is 206 g/mol. The van der Waals surface area contributed by atoms with Gasteiger partial charge in [-0.05, 0) is 24.2 Å². The Bertz CT molecular complexity index is 121. The number of rotatable bonds is 7. The van der Waals surface area contributed by atoms with Gasteiger partial charge in [-0.3, -0.25) is 0 Å². The normalized spacial score (nSPS) is 12.5. The van der Waals surface area contributed by atoms with Crippen molar-refractivity contribution in [2.24, 2.45) is 11.3 Å². The Morgan fingerprint density at radius 1 is 1.23 bits per heavy atom. The molecule has 13 heavy (non-hydrogen) atoms. The van der Waals surface area contributed by atoms with Gasteiger partial charge in [-0.25, -0.2) is 0 Å². The van der Waals surface area contributed by atoms with E-state index in [1.807, 2.05) is 0 Å². The van der Waals surface area contributed by atoms with E-state index in [-0.39, 0.29) is 5.41 Å². The second-order valence-electron chi connectivity index (χ2n) is 4.84. The molecule has 0 spiro atoms. The van der Waals surface area contributed by atoms with E-state index in [4.69, 9.17) is 16.3 Å². The first kappa shape index (κ1) is 13.2. The molecule has 0 rings (SSSR count). The first-order valence-electron chi connectivity index (χ1n) is 5.11. The molecule has 0 aliphatic carbocycles. The lowest BCUT2D eigenvalue weighted by Crippen LogP contribution is -2.16. The van der Waals surface area contributed by atoms with Crippen LogP contribution in [0.1, 0.15) is 40.5 Å². The van der Waals surface area contributed by atoms with Gasteiger partial charge in [-0.2, -0.15) is 0 Å². The topological polar surface area (TPSA) is 9.23 Å². The molecule has 0 aromatic carbocycles. The zero-order chi connectivity index (χ0) is 10.3. The van der Waals surface area contributed by atoms with Gasteiger partial charge in [0.2, 0.25) is 0 Å². The number of alkyl halides is 1. The Labute approximate surface area is 87.8 Å². The number of ether oxygens (including phenoxy) is 1. The molecule has 0 saturated carbocycles. The van der Waals surface area contributed by atoms with E-state index in [0.29, 0.717) is 5.88 Å². The van der Waals surface area contributed by atoms with Gasteiger partial charge in [-0.1, -0.05) is 27.7 Å². The summed E-state index contributed by atoms with van der Waals surface area (Å²) in [7, 11) is 0. The average Bonchev–Trinajstić information content (AvgIpc) is 2.03. The summed E-state index contributed by atoms with van der Waals surface area (Å²) in [6, 6.07) is 0. The number of halogens is 1. The van der Waals surface area contributed by atoms with Gasteiger partial charge in [0.25, 0.3) is 0 Å². The minimum atomic E-state index is 0.222. The summed E-state index contributed by atoms with van der Waals surface area (Å²) in [5, 5.41) is 0. The van der Waals surface area contributed by atoms with Crippen molar-refractivity contribution >= 4 is 11.6 Å². The Balaban J connectivity index is 3.26. The zero-order valence-corrected chi connectivity index (χ0v) is 10.2. The minimum Gasteiger partial charge on any atom is -0.381 e. The Kier molecular flexibility index (Phi) is 6.79. The molecule has 0 unspecified atom stereocenters. The van der Waals surface area contributed by atoms with Gasteiger partial charge in [0.15, 0.2) is 0 Å². The van der Waals surface area contributed by atoms with Crippen LogP contribution in [0.15, 0.2) is 0 Å². The van der Waals surface area contributed by atoms with Gasteiger partial charge in [0, 0.05) is 19.1 Å². The van der Waals surface area contributed by atoms with Crippen LogP contribution in [-0.4, -0.2) is 19.1 Å². The van der Waals surface area contributed by atoms with Gasteiger partial charge >= 0.3 is 0 Å². The van der Waals surface area contributed by atoms with Crippen molar-refractivity contribution in [3.63, 3.8) is 0 Å². The summed E-state index contributed by atoms with van der Waals surface area (Å²) in [5.74, 6) is 1.45. The molecule has 0 radical (unpaired) electrons. The molecule has 1 nitrogen and oxygen atoms in total. The van der Waals surface area contributed by atoms with Crippen molar-refractivity contribution in [2.75, 3.05) is 19.1 Å². The van der Waals surface area contributed by atoms with Gasteiger partial charge in [0.1, 0.15) is 0 Å². The highest BCUT2D eigenvalue weighted by molar-refractivity contribution is 6.18. The van der Waals surface area contributed by atoms with Crippen molar-refractivity contribution in [3.05, 3.63) is 0 Å². The lowest BCUT2D eigenvalue weighted by atomic mass is 9.93. The van der Waals surface area contributed by atoms with Crippen LogP contribution in [0, 0.1) is 11.3 Å². The highest BCUT2D eigenvalue weighted by Crippen LogP contribution is 2.21. The zero-order valence-electron chi connectivity index (χ0n) is 9.40. The Morgan fingerprint density at radius 2 is 1.85 bits per heavy atom. The molecular weight excluding hydrogens is 184 g/mol. The highest BCUT2D eigenvalue weighted by atomic mass is 35.5. The molecule has 0 amide bonds. The van der Waals surface area contributed by atoms with Crippen LogP contribution in [0.5, 0.6) is 0 Å². The Hall–Kier alpha value is 0.250. The fraction of sp³-hybridized carbons (Fsp3) is 1.00. The van der Waals surface area contributed by atoms with Crippen LogP contribution < -0.4 is 0 Å². The predicted molar refractivity (Wildman–Crippen MR) is 59.4 cm³/mol. The third-order valence-corrected chi connectivity index (χ3v) is 2.85. The summed E-state index contributed by atoms with van der Waals surface area (Å²) in [6.07, 6.45) is 2.20. The highest BCUT2D eigenvalue weighted by Gasteiger charge is 2.15. The molecule has 0 atom stereocenters. The summed E-state index contributed by atoms with van der Waals surface area (Å²) < 4.78 is 5.52. The van der Waals surface area contributed by atoms with Crippen LogP contribution in [0.4, 0.5) is 0 Å². The van der Waals surface area contributed by atoms with E-state index >= 15 is 0 Å². The first-order valence-corrected chi connectivity index (χ1v) is 5.65. The molecule has 0 heterocycles. The lowest BCUT2D eigenvalue weighted by Gasteiger charge is -2.20. The van der Waals surface area contributed by atoms with E-state index in [9.17, 15) is 0 Å². The molecule has 2 heteroatoms. The molecule has 0 aromatic rings. The Morgan fingerprint density at radius 3 is 2.31 bits per heavy atom. The third-order valence-electron chi connectivity index (χ3n) is 2.12. The fourth-order valence-electron chi connectivity index (χ4n) is 0.836. The lowest BCUT2D eigenvalue weighted by molar-refractivity contribution is 0.101. The molecule has 0 aliphatic rings. The average molecular weight is 207 g/mol. The summed E-state index contributed by atoms with van der Waals surface area (Å²) in [5.41, 5.74) is 0.222. The molecule has 80 valence electrons. The van der Waals surface area contributed by atoms with E-state index in [1.165, 1.54) is 0 Å². The molecule has 0 aromatic heterocycles. The van der Waals surface area contributed by atoms with E-state index in [2.05, 4.69) is 27.7 Å². The SMILES string of the molecule is CC(C)CCOCCC(C)(C)CCl. The molecule has 0 aliphatic heterocycles. The fourth-order valence-corrected chi connectivity index (χ4v) is 0.970. The standard InChI is InChI=1S/C11H23ClO/c1-10(2)5-7-13-8-6-11(3,4)9-12/h10H,5-9H2,1-4H3. The van der Waals surface area contributed by atoms with Gasteiger partial charge in [-0.15, -0.1) is 11.6 Å². The summed E-state index contributed by atoms with van der Waals surface area (Å²) >= 11 is 5.80. The van der Waals surface area contributed by atoms with E-state index in [0.717, 1.165) is 32.0 Å². The van der Waals surface area contributed by atoms with E-state index in [1.54, 1.807) is 0 Å². The largest absolute Gasteiger partial charge is 0.381 e. The van der Waals surface area contributed by atoms with E-state index < -0.39 is 0 Å². The van der Waals surface area contributed by atoms with Crippen molar-refractivity contribution in [2.45, 2.75) is 40.5 Å². The number of hydrogen-bond acceptors (Lipinski definition) is 1. The predicted octanol–water partition coefficient (Wildman–Crippen LogP) is 3.70. The van der Waals surface area contributed by atoms with Crippen LogP contribution in [0.2, 0.25) is 0 Å². The maximum absolute atomic E-state index is 5.80. The summed E-state index contributed by atoms with van der Waals surface area (Å²) in [6.45, 7) is 10.5. The maximum Gasteiger partial charge on any atom is 0.0471 e. The van der Waals surface area contributed by atoms with Crippen LogP contribution in [0.25, 0.3) is 0 Å². The second-order valence-corrected chi connectivity index (χ2v) is 5.11. The molecule has 0 bridgehead atoms. The van der Waals surface area contributed by atoms with Crippen LogP contribution >= 0.6 is 11.6 Å². The van der Waals surface area contributed by atoms with Crippen LogP contribution in [-0.2, 0) is 4.74 Å². The van der Waals surface area contributed by atoms with Crippen molar-refractivity contribution in [3.8, 4) is 0 Å². The van der Waals surface area contributed by atoms with Gasteiger partial charge in [0.05, 0.1) is 0 Å². The molecule has 0 saturated heterocycles. The van der Waals surface area contributed by atoms with Crippen molar-refractivity contribution < 1.29 is 4.74 Å². The number of hydrogen-bond donors (Lipinski definition) is 0.